The molecule has 0 fully saturated rings. The van der Waals surface area contributed by atoms with Gasteiger partial charge in [0, 0.05) is 23.9 Å². The summed E-state index contributed by atoms with van der Waals surface area (Å²) in [7, 11) is 0. The van der Waals surface area contributed by atoms with Gasteiger partial charge in [0.25, 0.3) is 0 Å². The number of likely N-dealkylation sites (N-methyl/N-ethyl adjacent to an activating group) is 1. The topological polar surface area (TPSA) is 24.9 Å². The van der Waals surface area contributed by atoms with Crippen LogP contribution in [0.3, 0.4) is 0 Å². The van der Waals surface area contributed by atoms with E-state index in [0.717, 1.165) is 18.5 Å². The second-order valence-corrected chi connectivity index (χ2v) is 5.90. The van der Waals surface area contributed by atoms with E-state index in [2.05, 4.69) is 31.1 Å². The number of aromatic nitrogens is 1. The maximum Gasteiger partial charge on any atom is 0.123 e. The molecule has 0 saturated heterocycles. The highest BCUT2D eigenvalue weighted by atomic mass is 19.1. The Hall–Kier alpha value is -1.74. The van der Waals surface area contributed by atoms with E-state index in [1.807, 2.05) is 36.7 Å². The molecule has 1 unspecified atom stereocenters. The smallest absolute Gasteiger partial charge is 0.123 e. The monoisotopic (exact) mass is 286 g/mol. The minimum Gasteiger partial charge on any atom is -0.313 e. The minimum atomic E-state index is -0.191. The highest BCUT2D eigenvalue weighted by Crippen LogP contribution is 2.29. The lowest BCUT2D eigenvalue weighted by molar-refractivity contribution is 0.342. The second-order valence-electron chi connectivity index (χ2n) is 5.90. The third-order valence-electron chi connectivity index (χ3n) is 4.10. The van der Waals surface area contributed by atoms with Crippen LogP contribution in [0.4, 0.5) is 4.39 Å². The molecule has 3 heteroatoms. The number of nitrogens with zero attached hydrogens (tertiary/aromatic N) is 1. The van der Waals surface area contributed by atoms with Crippen LogP contribution in [-0.4, -0.2) is 17.6 Å². The van der Waals surface area contributed by atoms with E-state index in [1.165, 1.54) is 17.7 Å². The highest BCUT2D eigenvalue weighted by Gasteiger charge is 2.30. The van der Waals surface area contributed by atoms with Crippen LogP contribution in [0.2, 0.25) is 0 Å². The van der Waals surface area contributed by atoms with Crippen molar-refractivity contribution in [2.75, 3.05) is 6.54 Å². The van der Waals surface area contributed by atoms with E-state index in [0.29, 0.717) is 0 Å². The van der Waals surface area contributed by atoms with Crippen molar-refractivity contribution < 1.29 is 4.39 Å². The van der Waals surface area contributed by atoms with Gasteiger partial charge in [0.05, 0.1) is 0 Å². The molecular formula is C18H23FN2. The molecule has 0 aliphatic heterocycles. The highest BCUT2D eigenvalue weighted by molar-refractivity contribution is 5.28. The molecule has 0 aliphatic carbocycles. The van der Waals surface area contributed by atoms with Crippen LogP contribution in [0.5, 0.6) is 0 Å². The van der Waals surface area contributed by atoms with Gasteiger partial charge < -0.3 is 5.32 Å². The van der Waals surface area contributed by atoms with Crippen LogP contribution in [-0.2, 0) is 11.8 Å². The number of rotatable bonds is 6. The Bertz CT molecular complexity index is 549. The summed E-state index contributed by atoms with van der Waals surface area (Å²) in [5, 5.41) is 3.57. The fraction of sp³-hybridized carbons (Fsp3) is 0.389. The summed E-state index contributed by atoms with van der Waals surface area (Å²) < 4.78 is 13.1. The van der Waals surface area contributed by atoms with Crippen molar-refractivity contribution in [3.8, 4) is 0 Å². The van der Waals surface area contributed by atoms with Crippen molar-refractivity contribution in [1.82, 2.24) is 10.3 Å². The molecule has 1 atom stereocenters. The first kappa shape index (κ1) is 15.6. The van der Waals surface area contributed by atoms with E-state index in [4.69, 9.17) is 0 Å². The largest absolute Gasteiger partial charge is 0.313 e. The van der Waals surface area contributed by atoms with Crippen LogP contribution < -0.4 is 5.32 Å². The number of hydrogen-bond acceptors (Lipinski definition) is 2. The maximum absolute atomic E-state index is 13.1. The first-order chi connectivity index (χ1) is 10.0. The normalized spacial score (nSPS) is 13.1. The molecule has 2 aromatic rings. The summed E-state index contributed by atoms with van der Waals surface area (Å²) in [5.41, 5.74) is 2.31. The van der Waals surface area contributed by atoms with Crippen molar-refractivity contribution in [1.29, 1.82) is 0 Å². The molecular weight excluding hydrogens is 263 g/mol. The van der Waals surface area contributed by atoms with Gasteiger partial charge in [0.2, 0.25) is 0 Å². The maximum atomic E-state index is 13.1. The van der Waals surface area contributed by atoms with Gasteiger partial charge in [-0.25, -0.2) is 4.39 Å². The molecule has 1 heterocycles. The molecule has 1 N–H and O–H groups in total. The first-order valence-electron chi connectivity index (χ1n) is 7.42. The Balaban J connectivity index is 2.25. The number of benzene rings is 1. The zero-order chi connectivity index (χ0) is 15.3. The van der Waals surface area contributed by atoms with Gasteiger partial charge in [-0.3, -0.25) is 4.98 Å². The molecule has 1 aromatic carbocycles. The predicted octanol–water partition coefficient (Wildman–Crippen LogP) is 3.72. The number of halogens is 1. The lowest BCUT2D eigenvalue weighted by Gasteiger charge is -2.36. The Morgan fingerprint density at radius 2 is 1.71 bits per heavy atom. The van der Waals surface area contributed by atoms with Crippen LogP contribution in [0, 0.1) is 5.82 Å². The Kier molecular flexibility index (Phi) is 5.07. The summed E-state index contributed by atoms with van der Waals surface area (Å²) in [6, 6.07) is 11.2. The molecule has 0 saturated carbocycles. The van der Waals surface area contributed by atoms with E-state index >= 15 is 0 Å². The summed E-state index contributed by atoms with van der Waals surface area (Å²) in [6.07, 6.45) is 4.56. The molecule has 2 nitrogen and oxygen atoms in total. The summed E-state index contributed by atoms with van der Waals surface area (Å²) in [4.78, 5) is 4.07. The van der Waals surface area contributed by atoms with Crippen LogP contribution in [0.1, 0.15) is 31.9 Å². The standard InChI is InChI=1S/C18H23FN2/c1-4-21-17(13-14-9-11-20-12-10-14)18(2,3)15-5-7-16(19)8-6-15/h5-12,17,21H,4,13H2,1-3H3. The summed E-state index contributed by atoms with van der Waals surface area (Å²) >= 11 is 0. The van der Waals surface area contributed by atoms with Crippen molar-refractivity contribution in [2.24, 2.45) is 0 Å². The summed E-state index contributed by atoms with van der Waals surface area (Å²) in [6.45, 7) is 7.42. The van der Waals surface area contributed by atoms with Crippen LogP contribution >= 0.6 is 0 Å². The van der Waals surface area contributed by atoms with E-state index in [1.54, 1.807) is 0 Å². The Morgan fingerprint density at radius 3 is 2.29 bits per heavy atom. The number of hydrogen-bond donors (Lipinski definition) is 1. The van der Waals surface area contributed by atoms with E-state index in [-0.39, 0.29) is 17.3 Å². The Labute approximate surface area is 126 Å². The lowest BCUT2D eigenvalue weighted by atomic mass is 9.75. The molecule has 0 aliphatic rings. The summed E-state index contributed by atoms with van der Waals surface area (Å²) in [5.74, 6) is -0.191. The predicted molar refractivity (Wildman–Crippen MR) is 84.8 cm³/mol. The second kappa shape index (κ2) is 6.81. The van der Waals surface area contributed by atoms with Gasteiger partial charge in [0.15, 0.2) is 0 Å². The molecule has 21 heavy (non-hydrogen) atoms. The molecule has 0 radical (unpaired) electrons. The number of nitrogens with one attached hydrogen (secondary N) is 1. The molecule has 1 aromatic heterocycles. The minimum absolute atomic E-state index is 0.0903. The fourth-order valence-corrected chi connectivity index (χ4v) is 2.66. The SMILES string of the molecule is CCNC(Cc1ccncc1)C(C)(C)c1ccc(F)cc1. The Morgan fingerprint density at radius 1 is 1.10 bits per heavy atom. The molecule has 0 spiro atoms. The average molecular weight is 286 g/mol. The third-order valence-corrected chi connectivity index (χ3v) is 4.10. The first-order valence-corrected chi connectivity index (χ1v) is 7.42. The molecule has 0 amide bonds. The average Bonchev–Trinajstić information content (AvgIpc) is 2.48. The van der Waals surface area contributed by atoms with Crippen LogP contribution in [0.25, 0.3) is 0 Å². The van der Waals surface area contributed by atoms with E-state index < -0.39 is 0 Å². The van der Waals surface area contributed by atoms with Crippen molar-refractivity contribution in [3.63, 3.8) is 0 Å². The third kappa shape index (κ3) is 3.88. The fourth-order valence-electron chi connectivity index (χ4n) is 2.66. The van der Waals surface area contributed by atoms with Gasteiger partial charge in [-0.2, -0.15) is 0 Å². The number of pyridine rings is 1. The molecule has 0 bridgehead atoms. The van der Waals surface area contributed by atoms with Crippen molar-refractivity contribution in [2.45, 2.75) is 38.6 Å². The zero-order valence-electron chi connectivity index (χ0n) is 12.9. The quantitative estimate of drug-likeness (QED) is 0.875. The van der Waals surface area contributed by atoms with E-state index in [9.17, 15) is 4.39 Å². The van der Waals surface area contributed by atoms with Gasteiger partial charge in [-0.05, 0) is 48.4 Å². The van der Waals surface area contributed by atoms with Crippen molar-refractivity contribution in [3.05, 3.63) is 65.7 Å². The van der Waals surface area contributed by atoms with Crippen molar-refractivity contribution >= 4 is 0 Å². The molecule has 112 valence electrons. The van der Waals surface area contributed by atoms with Gasteiger partial charge in [0.1, 0.15) is 5.82 Å². The zero-order valence-corrected chi connectivity index (χ0v) is 12.9. The van der Waals surface area contributed by atoms with Gasteiger partial charge in [-0.1, -0.05) is 32.9 Å². The lowest BCUT2D eigenvalue weighted by Crippen LogP contribution is -2.46. The van der Waals surface area contributed by atoms with Gasteiger partial charge in [-0.15, -0.1) is 0 Å². The van der Waals surface area contributed by atoms with Crippen LogP contribution in [0.15, 0.2) is 48.8 Å². The van der Waals surface area contributed by atoms with Gasteiger partial charge >= 0.3 is 0 Å². The molecule has 2 rings (SSSR count).